The first-order chi connectivity index (χ1) is 25.8. The molecular formula is C46H31N5S. The van der Waals surface area contributed by atoms with E-state index in [0.717, 1.165) is 44.5 Å². The number of para-hydroxylation sites is 2. The van der Waals surface area contributed by atoms with Crippen molar-refractivity contribution >= 4 is 44.9 Å². The third-order valence-corrected chi connectivity index (χ3v) is 11.0. The van der Waals surface area contributed by atoms with E-state index in [0.29, 0.717) is 17.5 Å². The Hall–Kier alpha value is -6.50. The van der Waals surface area contributed by atoms with E-state index in [1.54, 1.807) is 0 Å². The highest BCUT2D eigenvalue weighted by atomic mass is 32.2. The summed E-state index contributed by atoms with van der Waals surface area (Å²) in [5, 5.41) is 2.42. The van der Waals surface area contributed by atoms with Crippen LogP contribution in [0.5, 0.6) is 0 Å². The number of fused-ring (bicyclic) bond motifs is 4. The van der Waals surface area contributed by atoms with Crippen LogP contribution in [0.1, 0.15) is 10.9 Å². The number of thioether (sulfide) groups is 1. The highest BCUT2D eigenvalue weighted by molar-refractivity contribution is 8.00. The summed E-state index contributed by atoms with van der Waals surface area (Å²) in [5.74, 6) is 1.94. The fraction of sp³-hybridized carbons (Fsp3) is 0.0217. The summed E-state index contributed by atoms with van der Waals surface area (Å²) in [5.41, 5.74) is 9.86. The van der Waals surface area contributed by atoms with E-state index < -0.39 is 0 Å². The first kappa shape index (κ1) is 30.3. The topological polar surface area (TPSA) is 46.8 Å². The Morgan fingerprint density at radius 1 is 0.423 bits per heavy atom. The molecule has 0 N–H and O–H groups in total. The van der Waals surface area contributed by atoms with Crippen molar-refractivity contribution in [2.45, 2.75) is 10.3 Å². The van der Waals surface area contributed by atoms with Gasteiger partial charge in [-0.05, 0) is 66.2 Å². The smallest absolute Gasteiger partial charge is 0.164 e. The van der Waals surface area contributed by atoms with E-state index in [1.165, 1.54) is 21.5 Å². The lowest BCUT2D eigenvalue weighted by molar-refractivity contribution is 0.966. The van der Waals surface area contributed by atoms with Crippen LogP contribution >= 0.6 is 11.8 Å². The SMILES string of the molecule is c1ccc(-c2nc(-c3ccccc3)nc(-c3ccc4c(c3)c3cc(N5c6ccccc6SC5c5ccccc5)ccc3n4-c3ccccc3)n2)cc1. The molecule has 5 nitrogen and oxygen atoms in total. The largest absolute Gasteiger partial charge is 0.323 e. The molecule has 9 aromatic rings. The third kappa shape index (κ3) is 5.24. The van der Waals surface area contributed by atoms with Gasteiger partial charge in [0.05, 0.1) is 16.7 Å². The summed E-state index contributed by atoms with van der Waals surface area (Å²) in [6, 6.07) is 63.9. The van der Waals surface area contributed by atoms with Crippen LogP contribution in [0.4, 0.5) is 11.4 Å². The molecule has 246 valence electrons. The predicted molar refractivity (Wildman–Crippen MR) is 214 cm³/mol. The average molecular weight is 686 g/mol. The van der Waals surface area contributed by atoms with Gasteiger partial charge in [-0.1, -0.05) is 133 Å². The number of benzene rings is 7. The molecule has 1 aliphatic heterocycles. The van der Waals surface area contributed by atoms with Crippen molar-refractivity contribution in [3.05, 3.63) is 188 Å². The van der Waals surface area contributed by atoms with Crippen LogP contribution in [0.2, 0.25) is 0 Å². The molecule has 0 fully saturated rings. The molecule has 0 bridgehead atoms. The quantitative estimate of drug-likeness (QED) is 0.174. The van der Waals surface area contributed by atoms with Gasteiger partial charge in [0.15, 0.2) is 17.5 Å². The number of hydrogen-bond acceptors (Lipinski definition) is 5. The predicted octanol–water partition coefficient (Wildman–Crippen LogP) is 11.9. The van der Waals surface area contributed by atoms with Crippen molar-refractivity contribution in [1.82, 2.24) is 19.5 Å². The van der Waals surface area contributed by atoms with Gasteiger partial charge in [0.1, 0.15) is 5.37 Å². The van der Waals surface area contributed by atoms with Gasteiger partial charge in [0, 0.05) is 43.7 Å². The summed E-state index contributed by atoms with van der Waals surface area (Å²) < 4.78 is 2.36. The van der Waals surface area contributed by atoms with Gasteiger partial charge in [-0.3, -0.25) is 0 Å². The van der Waals surface area contributed by atoms with Crippen LogP contribution < -0.4 is 4.90 Å². The van der Waals surface area contributed by atoms with E-state index in [9.17, 15) is 0 Å². The van der Waals surface area contributed by atoms with Gasteiger partial charge < -0.3 is 9.47 Å². The van der Waals surface area contributed by atoms with Crippen molar-refractivity contribution in [3.8, 4) is 39.9 Å². The zero-order chi connectivity index (χ0) is 34.4. The maximum absolute atomic E-state index is 5.06. The first-order valence-electron chi connectivity index (χ1n) is 17.4. The fourth-order valence-corrected chi connectivity index (χ4v) is 8.58. The van der Waals surface area contributed by atoms with E-state index in [4.69, 9.17) is 15.0 Å². The average Bonchev–Trinajstić information content (AvgIpc) is 3.78. The van der Waals surface area contributed by atoms with Crippen LogP contribution in [-0.2, 0) is 0 Å². The van der Waals surface area contributed by atoms with Gasteiger partial charge in [0.25, 0.3) is 0 Å². The standard InChI is InChI=1S/C46H31N5S/c1-5-15-31(16-6-1)43-47-44(32-17-7-2-8-18-32)49-45(48-43)34-25-27-39-37(29-34)38-30-36(26-28-40(38)50(39)35-21-11-4-12-22-35)51-41-23-13-14-24-42(41)52-46(51)33-19-9-3-10-20-33/h1-30,46H. The van der Waals surface area contributed by atoms with Crippen LogP contribution in [-0.4, -0.2) is 19.5 Å². The molecule has 0 aliphatic carbocycles. The van der Waals surface area contributed by atoms with Crippen LogP contribution in [0.3, 0.4) is 0 Å². The molecule has 0 radical (unpaired) electrons. The van der Waals surface area contributed by atoms with Gasteiger partial charge in [-0.25, -0.2) is 15.0 Å². The van der Waals surface area contributed by atoms with E-state index >= 15 is 0 Å². The van der Waals surface area contributed by atoms with Gasteiger partial charge in [0.2, 0.25) is 0 Å². The van der Waals surface area contributed by atoms with E-state index in [1.807, 2.05) is 72.4 Å². The Balaban J connectivity index is 1.19. The summed E-state index contributed by atoms with van der Waals surface area (Å²) in [6.45, 7) is 0. The van der Waals surface area contributed by atoms with Crippen molar-refractivity contribution in [2.75, 3.05) is 4.90 Å². The zero-order valence-corrected chi connectivity index (χ0v) is 28.9. The zero-order valence-electron chi connectivity index (χ0n) is 28.0. The summed E-state index contributed by atoms with van der Waals surface area (Å²) in [6.07, 6.45) is 0. The second kappa shape index (κ2) is 12.7. The monoisotopic (exact) mass is 685 g/mol. The first-order valence-corrected chi connectivity index (χ1v) is 18.3. The molecule has 0 amide bonds. The lowest BCUT2D eigenvalue weighted by Gasteiger charge is -2.27. The number of hydrogen-bond donors (Lipinski definition) is 0. The third-order valence-electron chi connectivity index (χ3n) is 9.68. The van der Waals surface area contributed by atoms with Gasteiger partial charge in [-0.2, -0.15) is 0 Å². The molecule has 0 spiro atoms. The maximum Gasteiger partial charge on any atom is 0.164 e. The minimum Gasteiger partial charge on any atom is -0.323 e. The Morgan fingerprint density at radius 2 is 0.942 bits per heavy atom. The molecule has 3 heterocycles. The fourth-order valence-electron chi connectivity index (χ4n) is 7.26. The summed E-state index contributed by atoms with van der Waals surface area (Å²) in [7, 11) is 0. The van der Waals surface area contributed by atoms with Crippen molar-refractivity contribution in [3.63, 3.8) is 0 Å². The summed E-state index contributed by atoms with van der Waals surface area (Å²) >= 11 is 1.90. The second-order valence-electron chi connectivity index (χ2n) is 12.9. The Kier molecular flexibility index (Phi) is 7.40. The molecule has 1 aliphatic rings. The van der Waals surface area contributed by atoms with Crippen molar-refractivity contribution in [2.24, 2.45) is 0 Å². The number of nitrogens with zero attached hydrogens (tertiary/aromatic N) is 5. The molecule has 7 aromatic carbocycles. The van der Waals surface area contributed by atoms with Crippen LogP contribution in [0.15, 0.2) is 187 Å². The highest BCUT2D eigenvalue weighted by Gasteiger charge is 2.32. The lowest BCUT2D eigenvalue weighted by atomic mass is 10.1. The Labute approximate surface area is 305 Å². The van der Waals surface area contributed by atoms with Crippen LogP contribution in [0.25, 0.3) is 61.7 Å². The molecule has 10 rings (SSSR count). The van der Waals surface area contributed by atoms with Crippen molar-refractivity contribution in [1.29, 1.82) is 0 Å². The Bertz CT molecular complexity index is 2660. The van der Waals surface area contributed by atoms with E-state index in [2.05, 4.69) is 131 Å². The van der Waals surface area contributed by atoms with Gasteiger partial charge >= 0.3 is 0 Å². The molecule has 1 unspecified atom stereocenters. The molecule has 0 saturated heterocycles. The molecule has 1 atom stereocenters. The minimum atomic E-state index is 0.118. The van der Waals surface area contributed by atoms with Crippen molar-refractivity contribution < 1.29 is 0 Å². The molecule has 6 heteroatoms. The molecule has 0 saturated carbocycles. The van der Waals surface area contributed by atoms with Gasteiger partial charge in [-0.15, -0.1) is 0 Å². The lowest BCUT2D eigenvalue weighted by Crippen LogP contribution is -2.17. The maximum atomic E-state index is 5.06. The minimum absolute atomic E-state index is 0.118. The molecular weight excluding hydrogens is 655 g/mol. The normalized spacial score (nSPS) is 13.8. The summed E-state index contributed by atoms with van der Waals surface area (Å²) in [4.78, 5) is 18.8. The highest BCUT2D eigenvalue weighted by Crippen LogP contribution is 2.55. The second-order valence-corrected chi connectivity index (χ2v) is 14.0. The van der Waals surface area contributed by atoms with Crippen LogP contribution in [0, 0.1) is 0 Å². The number of rotatable bonds is 6. The van der Waals surface area contributed by atoms with E-state index in [-0.39, 0.29) is 5.37 Å². The molecule has 52 heavy (non-hydrogen) atoms. The Morgan fingerprint density at radius 3 is 1.60 bits per heavy atom. The number of aromatic nitrogens is 4. The number of anilines is 2. The molecule has 2 aromatic heterocycles.